The molecule has 1 aromatic carbocycles. The van der Waals surface area contributed by atoms with Crippen molar-refractivity contribution in [1.29, 1.82) is 0 Å². The molecular formula is C14H14N4O2. The molecule has 0 saturated carbocycles. The van der Waals surface area contributed by atoms with Gasteiger partial charge in [0.05, 0.1) is 19.8 Å². The Morgan fingerprint density at radius 1 is 1.40 bits per heavy atom. The minimum atomic E-state index is -0.191. The molecule has 2 N–H and O–H groups in total. The number of hydrogen-bond donors (Lipinski definition) is 2. The van der Waals surface area contributed by atoms with E-state index in [1.807, 2.05) is 24.3 Å². The van der Waals surface area contributed by atoms with Crippen molar-refractivity contribution >= 4 is 11.6 Å². The van der Waals surface area contributed by atoms with Crippen LogP contribution in [0.4, 0.5) is 11.6 Å². The zero-order chi connectivity index (χ0) is 13.8. The highest BCUT2D eigenvalue weighted by Gasteiger charge is 2.20. The van der Waals surface area contributed by atoms with Crippen molar-refractivity contribution in [2.75, 3.05) is 25.1 Å². The second-order valence-electron chi connectivity index (χ2n) is 4.33. The topological polar surface area (TPSA) is 72.1 Å². The summed E-state index contributed by atoms with van der Waals surface area (Å²) < 4.78 is 10.9. The monoisotopic (exact) mass is 270 g/mol. The van der Waals surface area contributed by atoms with Gasteiger partial charge in [-0.05, 0) is 18.2 Å². The molecule has 0 bridgehead atoms. The van der Waals surface area contributed by atoms with E-state index in [1.54, 1.807) is 0 Å². The minimum absolute atomic E-state index is 0.191. The van der Waals surface area contributed by atoms with E-state index in [0.717, 1.165) is 11.3 Å². The molecule has 3 rings (SSSR count). The number of H-pyrrole nitrogens is 1. The fraction of sp³-hybridized carbons (Fsp3) is 0.286. The minimum Gasteiger partial charge on any atom is -0.376 e. The Hall–Kier alpha value is -2.36. The molecule has 0 amide bonds. The van der Waals surface area contributed by atoms with Gasteiger partial charge in [-0.1, -0.05) is 12.0 Å². The first-order chi connectivity index (χ1) is 9.85. The highest BCUT2D eigenvalue weighted by atomic mass is 16.6. The summed E-state index contributed by atoms with van der Waals surface area (Å²) in [6.07, 6.45) is 5.18. The van der Waals surface area contributed by atoms with E-state index < -0.39 is 0 Å². The van der Waals surface area contributed by atoms with E-state index in [2.05, 4.69) is 26.4 Å². The van der Waals surface area contributed by atoms with Crippen molar-refractivity contribution < 1.29 is 9.47 Å². The Morgan fingerprint density at radius 3 is 3.15 bits per heavy atom. The quantitative estimate of drug-likeness (QED) is 0.829. The summed E-state index contributed by atoms with van der Waals surface area (Å²) in [6.45, 7) is 1.67. The third kappa shape index (κ3) is 2.79. The molecule has 102 valence electrons. The number of benzene rings is 1. The predicted molar refractivity (Wildman–Crippen MR) is 73.6 cm³/mol. The third-order valence-corrected chi connectivity index (χ3v) is 2.91. The van der Waals surface area contributed by atoms with Crippen LogP contribution in [0.25, 0.3) is 0 Å². The first-order valence-electron chi connectivity index (χ1n) is 6.30. The van der Waals surface area contributed by atoms with Gasteiger partial charge in [0.2, 0.25) is 5.95 Å². The number of nitrogens with zero attached hydrogens (tertiary/aromatic N) is 2. The first-order valence-corrected chi connectivity index (χ1v) is 6.30. The average Bonchev–Trinajstić information content (AvgIpc) is 2.97. The number of nitrogens with one attached hydrogen (secondary N) is 2. The molecule has 0 spiro atoms. The number of hydrogen-bond acceptors (Lipinski definition) is 5. The Labute approximate surface area is 116 Å². The Bertz CT molecular complexity index is 626. The Morgan fingerprint density at radius 2 is 2.35 bits per heavy atom. The molecule has 20 heavy (non-hydrogen) atoms. The number of rotatable bonds is 3. The molecule has 1 fully saturated rings. The van der Waals surface area contributed by atoms with Gasteiger partial charge in [0.1, 0.15) is 6.10 Å². The van der Waals surface area contributed by atoms with Crippen molar-refractivity contribution in [2.24, 2.45) is 0 Å². The van der Waals surface area contributed by atoms with Gasteiger partial charge in [0.15, 0.2) is 5.82 Å². The van der Waals surface area contributed by atoms with Crippen LogP contribution in [-0.2, 0) is 9.47 Å². The second kappa shape index (κ2) is 5.74. The van der Waals surface area contributed by atoms with Crippen molar-refractivity contribution in [3.8, 4) is 12.3 Å². The Kier molecular flexibility index (Phi) is 3.63. The molecule has 2 aromatic rings. The molecule has 0 aliphatic carbocycles. The maximum Gasteiger partial charge on any atom is 0.246 e. The molecular weight excluding hydrogens is 256 g/mol. The molecule has 6 nitrogen and oxygen atoms in total. The summed E-state index contributed by atoms with van der Waals surface area (Å²) in [4.78, 5) is 4.35. The SMILES string of the molecule is C#Cc1cccc(Nc2n[nH]c(C3COCCO3)n2)c1. The van der Waals surface area contributed by atoms with Gasteiger partial charge in [-0.25, -0.2) is 0 Å². The number of aromatic nitrogens is 3. The van der Waals surface area contributed by atoms with Crippen molar-refractivity contribution in [2.45, 2.75) is 6.10 Å². The fourth-order valence-electron chi connectivity index (χ4n) is 1.94. The standard InChI is InChI=1S/C14H14N4O2/c1-2-10-4-3-5-11(8-10)15-14-16-13(17-18-14)12-9-19-6-7-20-12/h1,3-5,8,12H,6-7,9H2,(H2,15,16,17,18). The molecule has 1 unspecified atom stereocenters. The zero-order valence-corrected chi connectivity index (χ0v) is 10.8. The second-order valence-corrected chi connectivity index (χ2v) is 4.33. The fourth-order valence-corrected chi connectivity index (χ4v) is 1.94. The lowest BCUT2D eigenvalue weighted by molar-refractivity contribution is -0.0933. The first kappa shape index (κ1) is 12.7. The van der Waals surface area contributed by atoms with Crippen LogP contribution >= 0.6 is 0 Å². The summed E-state index contributed by atoms with van der Waals surface area (Å²) >= 11 is 0. The highest BCUT2D eigenvalue weighted by molar-refractivity contribution is 5.56. The summed E-state index contributed by atoms with van der Waals surface area (Å²) in [5.41, 5.74) is 1.64. The van der Waals surface area contributed by atoms with Crippen LogP contribution < -0.4 is 5.32 Å². The number of ether oxygens (including phenoxy) is 2. The molecule has 1 aliphatic rings. The van der Waals surface area contributed by atoms with E-state index in [0.29, 0.717) is 31.6 Å². The Balaban J connectivity index is 1.71. The van der Waals surface area contributed by atoms with Crippen molar-refractivity contribution in [3.63, 3.8) is 0 Å². The maximum absolute atomic E-state index is 5.55. The van der Waals surface area contributed by atoms with Gasteiger partial charge in [-0.2, -0.15) is 4.98 Å². The lowest BCUT2D eigenvalue weighted by Crippen LogP contribution is -2.22. The molecule has 1 atom stereocenters. The molecule has 0 radical (unpaired) electrons. The van der Waals surface area contributed by atoms with E-state index in [9.17, 15) is 0 Å². The van der Waals surface area contributed by atoms with Gasteiger partial charge in [-0.3, -0.25) is 5.10 Å². The van der Waals surface area contributed by atoms with Crippen LogP contribution in [0.2, 0.25) is 0 Å². The van der Waals surface area contributed by atoms with Crippen LogP contribution in [0.5, 0.6) is 0 Å². The maximum atomic E-state index is 5.55. The van der Waals surface area contributed by atoms with Crippen LogP contribution in [-0.4, -0.2) is 35.0 Å². The molecule has 1 saturated heterocycles. The van der Waals surface area contributed by atoms with E-state index >= 15 is 0 Å². The molecule has 6 heteroatoms. The van der Waals surface area contributed by atoms with E-state index in [1.165, 1.54) is 0 Å². The number of aromatic amines is 1. The highest BCUT2D eigenvalue weighted by Crippen LogP contribution is 2.19. The van der Waals surface area contributed by atoms with Gasteiger partial charge in [0, 0.05) is 11.3 Å². The summed E-state index contributed by atoms with van der Waals surface area (Å²) in [5, 5.41) is 10.1. The lowest BCUT2D eigenvalue weighted by atomic mass is 10.2. The van der Waals surface area contributed by atoms with Crippen LogP contribution in [0.15, 0.2) is 24.3 Å². The number of anilines is 2. The van der Waals surface area contributed by atoms with Crippen LogP contribution in [0.1, 0.15) is 17.5 Å². The lowest BCUT2D eigenvalue weighted by Gasteiger charge is -2.20. The summed E-state index contributed by atoms with van der Waals surface area (Å²) in [5.74, 6) is 3.71. The van der Waals surface area contributed by atoms with Crippen molar-refractivity contribution in [3.05, 3.63) is 35.7 Å². The molecule has 2 heterocycles. The normalized spacial score (nSPS) is 18.4. The van der Waals surface area contributed by atoms with Gasteiger partial charge in [-0.15, -0.1) is 11.5 Å². The smallest absolute Gasteiger partial charge is 0.246 e. The molecule has 1 aliphatic heterocycles. The largest absolute Gasteiger partial charge is 0.376 e. The van der Waals surface area contributed by atoms with Crippen molar-refractivity contribution in [1.82, 2.24) is 15.2 Å². The predicted octanol–water partition coefficient (Wildman–Crippen LogP) is 1.62. The average molecular weight is 270 g/mol. The van der Waals surface area contributed by atoms with Crippen LogP contribution in [0, 0.1) is 12.3 Å². The van der Waals surface area contributed by atoms with Crippen LogP contribution in [0.3, 0.4) is 0 Å². The zero-order valence-electron chi connectivity index (χ0n) is 10.8. The summed E-state index contributed by atoms with van der Waals surface area (Å²) in [7, 11) is 0. The van der Waals surface area contributed by atoms with Gasteiger partial charge in [0.25, 0.3) is 0 Å². The van der Waals surface area contributed by atoms with Gasteiger partial charge >= 0.3 is 0 Å². The molecule has 1 aromatic heterocycles. The third-order valence-electron chi connectivity index (χ3n) is 2.91. The van der Waals surface area contributed by atoms with E-state index in [-0.39, 0.29) is 6.10 Å². The summed E-state index contributed by atoms with van der Waals surface area (Å²) in [6, 6.07) is 7.50. The van der Waals surface area contributed by atoms with Gasteiger partial charge < -0.3 is 14.8 Å². The van der Waals surface area contributed by atoms with E-state index in [4.69, 9.17) is 15.9 Å². The number of terminal acetylenes is 1.